The van der Waals surface area contributed by atoms with Gasteiger partial charge in [0.25, 0.3) is 0 Å². The van der Waals surface area contributed by atoms with E-state index >= 15 is 0 Å². The van der Waals surface area contributed by atoms with E-state index in [0.29, 0.717) is 22.8 Å². The van der Waals surface area contributed by atoms with Crippen LogP contribution in [0.1, 0.15) is 33.3 Å². The van der Waals surface area contributed by atoms with Gasteiger partial charge in [0, 0.05) is 6.04 Å². The number of benzene rings is 1. The summed E-state index contributed by atoms with van der Waals surface area (Å²) >= 11 is 5.73. The van der Waals surface area contributed by atoms with Gasteiger partial charge in [-0.2, -0.15) is 0 Å². The molecule has 0 radical (unpaired) electrons. The van der Waals surface area contributed by atoms with Crippen LogP contribution in [0, 0.1) is 22.6 Å². The summed E-state index contributed by atoms with van der Waals surface area (Å²) in [6, 6.07) is 5.47. The molecule has 0 amide bonds. The van der Waals surface area contributed by atoms with E-state index in [1.807, 2.05) is 13.1 Å². The predicted octanol–water partition coefficient (Wildman–Crippen LogP) is 4.29. The van der Waals surface area contributed by atoms with Crippen molar-refractivity contribution in [2.24, 2.45) is 16.7 Å². The van der Waals surface area contributed by atoms with Crippen molar-refractivity contribution >= 4 is 11.6 Å². The first-order chi connectivity index (χ1) is 8.71. The Bertz CT molecular complexity index is 468. The van der Waals surface area contributed by atoms with E-state index < -0.39 is 0 Å². The molecule has 1 aromatic rings. The lowest BCUT2D eigenvalue weighted by Crippen LogP contribution is -2.32. The first-order valence-electron chi connectivity index (χ1n) is 6.83. The highest BCUT2D eigenvalue weighted by molar-refractivity contribution is 6.30. The molecule has 0 bridgehead atoms. The number of rotatable bonds is 4. The van der Waals surface area contributed by atoms with Crippen LogP contribution in [0.3, 0.4) is 0 Å². The first-order valence-corrected chi connectivity index (χ1v) is 7.21. The fraction of sp³-hybridized carbons (Fsp3) is 0.625. The summed E-state index contributed by atoms with van der Waals surface area (Å²) in [5, 5.41) is 3.59. The highest BCUT2D eigenvalue weighted by Gasteiger charge is 2.66. The van der Waals surface area contributed by atoms with Gasteiger partial charge in [0.1, 0.15) is 5.82 Å². The molecule has 1 nitrogen and oxygen atoms in total. The zero-order valence-corrected chi connectivity index (χ0v) is 13.1. The molecule has 2 rings (SSSR count). The number of hydrogen-bond donors (Lipinski definition) is 1. The van der Waals surface area contributed by atoms with Crippen LogP contribution in [0.25, 0.3) is 0 Å². The largest absolute Gasteiger partial charge is 0.316 e. The predicted molar refractivity (Wildman–Crippen MR) is 79.0 cm³/mol. The summed E-state index contributed by atoms with van der Waals surface area (Å²) < 4.78 is 13.5. The molecule has 1 unspecified atom stereocenters. The van der Waals surface area contributed by atoms with Crippen LogP contribution in [0.4, 0.5) is 4.39 Å². The summed E-state index contributed by atoms with van der Waals surface area (Å²) in [5.41, 5.74) is 1.65. The van der Waals surface area contributed by atoms with Crippen LogP contribution in [-0.4, -0.2) is 13.1 Å². The van der Waals surface area contributed by atoms with E-state index in [0.717, 1.165) is 12.0 Å². The SMILES string of the molecule is CNC(Cc1ccc(Cl)c(F)c1)C1C(C)(C)C1(C)C. The number of likely N-dealkylation sites (N-methyl/N-ethyl adjacent to an activating group) is 1. The van der Waals surface area contributed by atoms with E-state index in [2.05, 4.69) is 33.0 Å². The third-order valence-corrected chi connectivity index (χ3v) is 5.65. The van der Waals surface area contributed by atoms with Gasteiger partial charge < -0.3 is 5.32 Å². The van der Waals surface area contributed by atoms with E-state index in [-0.39, 0.29) is 10.8 Å². The van der Waals surface area contributed by atoms with Crippen LogP contribution in [-0.2, 0) is 6.42 Å². The average Bonchev–Trinajstić information content (AvgIpc) is 2.72. The van der Waals surface area contributed by atoms with E-state index in [4.69, 9.17) is 11.6 Å². The molecule has 1 atom stereocenters. The van der Waals surface area contributed by atoms with Gasteiger partial charge in [0.15, 0.2) is 0 Å². The highest BCUT2D eigenvalue weighted by atomic mass is 35.5. The molecule has 1 aromatic carbocycles. The summed E-state index contributed by atoms with van der Waals surface area (Å²) in [5.74, 6) is 0.270. The Morgan fingerprint density at radius 1 is 1.26 bits per heavy atom. The van der Waals surface area contributed by atoms with Gasteiger partial charge in [-0.05, 0) is 47.9 Å². The maximum Gasteiger partial charge on any atom is 0.142 e. The Balaban J connectivity index is 2.15. The first kappa shape index (κ1) is 14.8. The normalized spacial score (nSPS) is 22.3. The monoisotopic (exact) mass is 283 g/mol. The van der Waals surface area contributed by atoms with Crippen molar-refractivity contribution < 1.29 is 4.39 Å². The molecule has 3 heteroatoms. The molecule has 1 aliphatic carbocycles. The van der Waals surface area contributed by atoms with Crippen LogP contribution in [0.2, 0.25) is 5.02 Å². The maximum atomic E-state index is 13.5. The number of hydrogen-bond acceptors (Lipinski definition) is 1. The number of halogens is 2. The van der Waals surface area contributed by atoms with Gasteiger partial charge in [0.05, 0.1) is 5.02 Å². The summed E-state index contributed by atoms with van der Waals surface area (Å²) in [6.07, 6.45) is 0.835. The van der Waals surface area contributed by atoms with Gasteiger partial charge in [0.2, 0.25) is 0 Å². The minimum atomic E-state index is -0.330. The molecule has 0 saturated heterocycles. The zero-order chi connectivity index (χ0) is 14.4. The second kappa shape index (κ2) is 4.75. The lowest BCUT2D eigenvalue weighted by atomic mass is 9.97. The van der Waals surface area contributed by atoms with Crippen LogP contribution < -0.4 is 5.32 Å². The fourth-order valence-corrected chi connectivity index (χ4v) is 3.68. The number of nitrogens with one attached hydrogen (secondary N) is 1. The summed E-state index contributed by atoms with van der Waals surface area (Å²) in [7, 11) is 1.99. The zero-order valence-electron chi connectivity index (χ0n) is 12.3. The van der Waals surface area contributed by atoms with Crippen molar-refractivity contribution in [3.63, 3.8) is 0 Å². The van der Waals surface area contributed by atoms with Gasteiger partial charge in [-0.25, -0.2) is 4.39 Å². The van der Waals surface area contributed by atoms with Crippen molar-refractivity contribution in [3.05, 3.63) is 34.6 Å². The van der Waals surface area contributed by atoms with Crippen LogP contribution in [0.5, 0.6) is 0 Å². The van der Waals surface area contributed by atoms with E-state index in [1.54, 1.807) is 12.1 Å². The Morgan fingerprint density at radius 3 is 2.26 bits per heavy atom. The molecule has 0 aliphatic heterocycles. The molecular weight excluding hydrogens is 261 g/mol. The Labute approximate surface area is 120 Å². The Kier molecular flexibility index (Phi) is 3.70. The third-order valence-electron chi connectivity index (χ3n) is 5.35. The lowest BCUT2D eigenvalue weighted by molar-refractivity contribution is 0.420. The second-order valence-corrected chi connectivity index (χ2v) is 7.18. The molecule has 19 heavy (non-hydrogen) atoms. The molecule has 1 fully saturated rings. The minimum absolute atomic E-state index is 0.192. The third kappa shape index (κ3) is 2.41. The van der Waals surface area contributed by atoms with Gasteiger partial charge in [-0.1, -0.05) is 45.4 Å². The standard InChI is InChI=1S/C16H23ClFN/c1-15(2)14(16(15,3)4)13(19-5)9-10-6-7-11(17)12(18)8-10/h6-8,13-14,19H,9H2,1-5H3. The molecule has 0 heterocycles. The topological polar surface area (TPSA) is 12.0 Å². The summed E-state index contributed by atoms with van der Waals surface area (Å²) in [6.45, 7) is 9.24. The lowest BCUT2D eigenvalue weighted by Gasteiger charge is -2.19. The maximum absolute atomic E-state index is 13.5. The molecular formula is C16H23ClFN. The Morgan fingerprint density at radius 2 is 1.84 bits per heavy atom. The van der Waals surface area contributed by atoms with E-state index in [1.165, 1.54) is 0 Å². The Hall–Kier alpha value is -0.600. The van der Waals surface area contributed by atoms with Gasteiger partial charge >= 0.3 is 0 Å². The second-order valence-electron chi connectivity index (χ2n) is 6.77. The molecule has 1 saturated carbocycles. The van der Waals surface area contributed by atoms with E-state index in [9.17, 15) is 4.39 Å². The van der Waals surface area contributed by atoms with Crippen LogP contribution in [0.15, 0.2) is 18.2 Å². The van der Waals surface area contributed by atoms with Gasteiger partial charge in [-0.3, -0.25) is 0 Å². The average molecular weight is 284 g/mol. The molecule has 1 N–H and O–H groups in total. The van der Waals surface area contributed by atoms with Crippen molar-refractivity contribution in [3.8, 4) is 0 Å². The smallest absolute Gasteiger partial charge is 0.142 e. The molecule has 0 spiro atoms. The highest BCUT2D eigenvalue weighted by Crippen LogP contribution is 2.69. The van der Waals surface area contributed by atoms with Crippen molar-refractivity contribution in [1.82, 2.24) is 5.32 Å². The van der Waals surface area contributed by atoms with Gasteiger partial charge in [-0.15, -0.1) is 0 Å². The molecule has 106 valence electrons. The quantitative estimate of drug-likeness (QED) is 0.869. The van der Waals surface area contributed by atoms with Crippen molar-refractivity contribution in [2.45, 2.75) is 40.2 Å². The van der Waals surface area contributed by atoms with Crippen molar-refractivity contribution in [2.75, 3.05) is 7.05 Å². The summed E-state index contributed by atoms with van der Waals surface area (Å²) in [4.78, 5) is 0. The van der Waals surface area contributed by atoms with Crippen molar-refractivity contribution in [1.29, 1.82) is 0 Å². The fourth-order valence-electron chi connectivity index (χ4n) is 3.56. The van der Waals surface area contributed by atoms with Crippen LogP contribution >= 0.6 is 11.6 Å². The molecule has 0 aromatic heterocycles. The molecule has 1 aliphatic rings. The minimum Gasteiger partial charge on any atom is -0.316 e.